The fourth-order valence-electron chi connectivity index (χ4n) is 1.98. The molecule has 1 aliphatic carbocycles. The summed E-state index contributed by atoms with van der Waals surface area (Å²) < 4.78 is 26.8. The van der Waals surface area contributed by atoms with Crippen LogP contribution in [0.1, 0.15) is 36.0 Å². The van der Waals surface area contributed by atoms with Crippen LogP contribution in [-0.4, -0.2) is 26.0 Å². The molecule has 0 radical (unpaired) electrons. The van der Waals surface area contributed by atoms with Gasteiger partial charge in [-0.25, -0.2) is 17.9 Å². The molecule has 8 heteroatoms. The Kier molecular flexibility index (Phi) is 5.14. The lowest BCUT2D eigenvalue weighted by atomic mass is 10.2. The Morgan fingerprint density at radius 2 is 1.95 bits per heavy atom. The third-order valence-corrected chi connectivity index (χ3v) is 5.56. The predicted molar refractivity (Wildman–Crippen MR) is 80.6 cm³/mol. The fourth-order valence-corrected chi connectivity index (χ4v) is 3.91. The normalized spacial score (nSPS) is 15.1. The minimum Gasteiger partial charge on any atom is -0.478 e. The van der Waals surface area contributed by atoms with Crippen LogP contribution in [-0.2, 0) is 10.0 Å². The van der Waals surface area contributed by atoms with E-state index >= 15 is 0 Å². The van der Waals surface area contributed by atoms with Crippen LogP contribution in [0.15, 0.2) is 17.0 Å². The summed E-state index contributed by atoms with van der Waals surface area (Å²) in [6, 6.07) is 2.11. The Morgan fingerprint density at radius 1 is 1.29 bits per heavy atom. The van der Waals surface area contributed by atoms with Crippen molar-refractivity contribution in [2.24, 2.45) is 5.92 Å². The zero-order chi connectivity index (χ0) is 15.6. The lowest BCUT2D eigenvalue weighted by Gasteiger charge is -2.10. The second-order valence-electron chi connectivity index (χ2n) is 5.05. The average molecular weight is 352 g/mol. The van der Waals surface area contributed by atoms with Gasteiger partial charge in [0.25, 0.3) is 0 Å². The lowest BCUT2D eigenvalue weighted by Crippen LogP contribution is -2.25. The van der Waals surface area contributed by atoms with E-state index < -0.39 is 16.0 Å². The molecule has 1 aliphatic rings. The van der Waals surface area contributed by atoms with Crippen LogP contribution >= 0.6 is 23.2 Å². The SMILES string of the molecule is O=C(O)c1cc(S(=O)(=O)NCCCC2CC2)c(Cl)cc1Cl. The first-order chi connectivity index (χ1) is 9.81. The van der Waals surface area contributed by atoms with Gasteiger partial charge >= 0.3 is 5.97 Å². The van der Waals surface area contributed by atoms with Gasteiger partial charge in [-0.1, -0.05) is 36.0 Å². The molecule has 0 saturated heterocycles. The van der Waals surface area contributed by atoms with Crippen LogP contribution in [0.5, 0.6) is 0 Å². The number of rotatable bonds is 7. The molecule has 1 aromatic rings. The first kappa shape index (κ1) is 16.5. The van der Waals surface area contributed by atoms with E-state index in [4.69, 9.17) is 28.3 Å². The van der Waals surface area contributed by atoms with Gasteiger partial charge in [0.05, 0.1) is 15.6 Å². The van der Waals surface area contributed by atoms with E-state index in [1.54, 1.807) is 0 Å². The van der Waals surface area contributed by atoms with Gasteiger partial charge < -0.3 is 5.11 Å². The van der Waals surface area contributed by atoms with E-state index in [1.165, 1.54) is 12.8 Å². The number of sulfonamides is 1. The molecule has 1 aromatic carbocycles. The van der Waals surface area contributed by atoms with Crippen LogP contribution in [0, 0.1) is 5.92 Å². The smallest absolute Gasteiger partial charge is 0.337 e. The first-order valence-electron chi connectivity index (χ1n) is 6.53. The van der Waals surface area contributed by atoms with Gasteiger partial charge in [0, 0.05) is 6.54 Å². The summed E-state index contributed by atoms with van der Waals surface area (Å²) in [6.07, 6.45) is 4.19. The molecule has 0 amide bonds. The number of halogens is 2. The highest BCUT2D eigenvalue weighted by Crippen LogP contribution is 2.33. The van der Waals surface area contributed by atoms with Crippen LogP contribution in [0.3, 0.4) is 0 Å². The van der Waals surface area contributed by atoms with Crippen LogP contribution in [0.2, 0.25) is 10.0 Å². The highest BCUT2D eigenvalue weighted by molar-refractivity contribution is 7.89. The van der Waals surface area contributed by atoms with Crippen LogP contribution in [0.25, 0.3) is 0 Å². The molecule has 0 aromatic heterocycles. The highest BCUT2D eigenvalue weighted by Gasteiger charge is 2.23. The number of hydrogen-bond donors (Lipinski definition) is 2. The molecule has 0 unspecified atom stereocenters. The fraction of sp³-hybridized carbons (Fsp3) is 0.462. The number of carbonyl (C=O) groups is 1. The van der Waals surface area contributed by atoms with Gasteiger partial charge in [-0.2, -0.15) is 0 Å². The van der Waals surface area contributed by atoms with Gasteiger partial charge in [0.1, 0.15) is 4.90 Å². The standard InChI is InChI=1S/C13H15Cl2NO4S/c14-10-7-11(15)12(6-9(10)13(17)18)21(19,20)16-5-1-2-8-3-4-8/h6-8,16H,1-5H2,(H,17,18). The molecule has 5 nitrogen and oxygen atoms in total. The number of benzene rings is 1. The van der Waals surface area contributed by atoms with Gasteiger partial charge in [-0.05, 0) is 30.9 Å². The molecular weight excluding hydrogens is 337 g/mol. The topological polar surface area (TPSA) is 83.5 Å². The highest BCUT2D eigenvalue weighted by atomic mass is 35.5. The third kappa shape index (κ3) is 4.32. The van der Waals surface area contributed by atoms with Gasteiger partial charge in [-0.15, -0.1) is 0 Å². The summed E-state index contributed by atoms with van der Waals surface area (Å²) in [5, 5.41) is 8.79. The zero-order valence-electron chi connectivity index (χ0n) is 11.1. The van der Waals surface area contributed by atoms with Crippen molar-refractivity contribution in [1.29, 1.82) is 0 Å². The van der Waals surface area contributed by atoms with Crippen LogP contribution in [0.4, 0.5) is 0 Å². The predicted octanol–water partition coefficient (Wildman–Crippen LogP) is 3.16. The first-order valence-corrected chi connectivity index (χ1v) is 8.77. The van der Waals surface area contributed by atoms with Crippen molar-refractivity contribution in [3.8, 4) is 0 Å². The van der Waals surface area contributed by atoms with Gasteiger partial charge in [0.2, 0.25) is 10.0 Å². The Bertz CT molecular complexity index is 656. The maximum absolute atomic E-state index is 12.2. The molecule has 2 N–H and O–H groups in total. The van der Waals surface area contributed by atoms with E-state index in [0.29, 0.717) is 6.54 Å². The van der Waals surface area contributed by atoms with E-state index in [-0.39, 0.29) is 20.5 Å². The summed E-state index contributed by atoms with van der Waals surface area (Å²) >= 11 is 11.6. The largest absolute Gasteiger partial charge is 0.478 e. The lowest BCUT2D eigenvalue weighted by molar-refractivity contribution is 0.0697. The van der Waals surface area contributed by atoms with Crippen molar-refractivity contribution in [2.45, 2.75) is 30.6 Å². The van der Waals surface area contributed by atoms with Crippen molar-refractivity contribution in [3.05, 3.63) is 27.7 Å². The number of hydrogen-bond acceptors (Lipinski definition) is 3. The van der Waals surface area contributed by atoms with E-state index in [2.05, 4.69) is 4.72 Å². The summed E-state index contributed by atoms with van der Waals surface area (Å²) in [5.41, 5.74) is -0.292. The van der Waals surface area contributed by atoms with Crippen molar-refractivity contribution in [2.75, 3.05) is 6.54 Å². The van der Waals surface area contributed by atoms with E-state index in [1.807, 2.05) is 0 Å². The quantitative estimate of drug-likeness (QED) is 0.739. The number of carboxylic acid groups (broad SMARTS) is 1. The molecular formula is C13H15Cl2NO4S. The molecule has 0 aliphatic heterocycles. The molecule has 1 saturated carbocycles. The van der Waals surface area contributed by atoms with Gasteiger partial charge in [0.15, 0.2) is 0 Å². The number of aromatic carboxylic acids is 1. The molecule has 116 valence electrons. The summed E-state index contributed by atoms with van der Waals surface area (Å²) in [7, 11) is -3.85. The summed E-state index contributed by atoms with van der Waals surface area (Å²) in [4.78, 5) is 10.7. The van der Waals surface area contributed by atoms with Crippen molar-refractivity contribution >= 4 is 39.2 Å². The monoisotopic (exact) mass is 351 g/mol. The van der Waals surface area contributed by atoms with E-state index in [0.717, 1.165) is 30.9 Å². The molecule has 0 atom stereocenters. The molecule has 2 rings (SSSR count). The van der Waals surface area contributed by atoms with Crippen molar-refractivity contribution < 1.29 is 18.3 Å². The minimum atomic E-state index is -3.85. The molecule has 21 heavy (non-hydrogen) atoms. The zero-order valence-corrected chi connectivity index (χ0v) is 13.4. The summed E-state index contributed by atoms with van der Waals surface area (Å²) in [5.74, 6) is -0.575. The Balaban J connectivity index is 2.13. The van der Waals surface area contributed by atoms with E-state index in [9.17, 15) is 13.2 Å². The Labute approximate surface area is 133 Å². The summed E-state index contributed by atoms with van der Waals surface area (Å²) in [6.45, 7) is 0.306. The van der Waals surface area contributed by atoms with Gasteiger partial charge in [-0.3, -0.25) is 0 Å². The molecule has 0 bridgehead atoms. The van der Waals surface area contributed by atoms with Crippen LogP contribution < -0.4 is 4.72 Å². The maximum atomic E-state index is 12.2. The molecule has 1 fully saturated rings. The second-order valence-corrected chi connectivity index (χ2v) is 7.60. The van der Waals surface area contributed by atoms with Crippen molar-refractivity contribution in [3.63, 3.8) is 0 Å². The number of carboxylic acids is 1. The minimum absolute atomic E-state index is 0.0971. The Morgan fingerprint density at radius 3 is 2.52 bits per heavy atom. The third-order valence-electron chi connectivity index (χ3n) is 3.32. The Hall–Kier alpha value is -0.820. The second kappa shape index (κ2) is 6.52. The maximum Gasteiger partial charge on any atom is 0.337 e. The average Bonchev–Trinajstić information content (AvgIpc) is 3.17. The molecule has 0 heterocycles. The molecule has 0 spiro atoms. The van der Waals surface area contributed by atoms with Crippen molar-refractivity contribution in [1.82, 2.24) is 4.72 Å². The number of nitrogens with one attached hydrogen (secondary N) is 1.